The van der Waals surface area contributed by atoms with Crippen LogP contribution in [0.15, 0.2) is 35.4 Å². The van der Waals surface area contributed by atoms with Crippen molar-refractivity contribution < 1.29 is 19.0 Å². The number of likely N-dealkylation sites (N-methyl/N-ethyl adjacent to an activating group) is 1. The lowest BCUT2D eigenvalue weighted by atomic mass is 10.0. The van der Waals surface area contributed by atoms with E-state index in [4.69, 9.17) is 14.2 Å². The molecule has 11 heteroatoms. The number of methoxy groups -OCH3 is 1. The predicted molar refractivity (Wildman–Crippen MR) is 127 cm³/mol. The lowest BCUT2D eigenvalue weighted by molar-refractivity contribution is -0.127. The van der Waals surface area contributed by atoms with E-state index in [0.717, 1.165) is 16.5 Å². The highest BCUT2D eigenvalue weighted by molar-refractivity contribution is 6.03. The quantitative estimate of drug-likeness (QED) is 0.318. The summed E-state index contributed by atoms with van der Waals surface area (Å²) in [5, 5.41) is 13.7. The highest BCUT2D eigenvalue weighted by atomic mass is 16.7. The molecule has 1 aliphatic rings. The molecule has 0 saturated carbocycles. The summed E-state index contributed by atoms with van der Waals surface area (Å²) in [6, 6.07) is 9.69. The van der Waals surface area contributed by atoms with Crippen LogP contribution in [0.2, 0.25) is 0 Å². The molecule has 174 valence electrons. The number of aromatic nitrogens is 4. The Morgan fingerprint density at radius 1 is 1.32 bits per heavy atom. The third-order valence-corrected chi connectivity index (χ3v) is 5.68. The van der Waals surface area contributed by atoms with Gasteiger partial charge in [0.25, 0.3) is 5.95 Å². The number of benzene rings is 2. The average molecular weight is 461 g/mol. The summed E-state index contributed by atoms with van der Waals surface area (Å²) in [7, 11) is 3.32. The number of fused-ring (bicyclic) bond motifs is 4. The van der Waals surface area contributed by atoms with Crippen molar-refractivity contribution in [3.63, 3.8) is 0 Å². The maximum absolute atomic E-state index is 11.6. The Morgan fingerprint density at radius 2 is 2.18 bits per heavy atom. The van der Waals surface area contributed by atoms with Crippen LogP contribution in [0.25, 0.3) is 22.1 Å². The Morgan fingerprint density at radius 3 is 3.00 bits per heavy atom. The summed E-state index contributed by atoms with van der Waals surface area (Å²) >= 11 is 0. The molecule has 0 bridgehead atoms. The Hall–Kier alpha value is -4.41. The molecule has 1 amide bonds. The Balaban J connectivity index is 1.43. The van der Waals surface area contributed by atoms with Crippen LogP contribution in [0.5, 0.6) is 17.2 Å². The number of carbonyl (C=O) groups excluding carboxylic acids is 1. The number of ether oxygens (including phenoxy) is 3. The number of para-hydroxylation sites is 1. The fraction of sp³-hybridized carbons (Fsp3) is 0.261. The molecular weight excluding hydrogens is 438 g/mol. The lowest BCUT2D eigenvalue weighted by Gasteiger charge is -2.17. The fourth-order valence-electron chi connectivity index (χ4n) is 3.80. The van der Waals surface area contributed by atoms with Gasteiger partial charge in [-0.1, -0.05) is 18.2 Å². The second-order valence-electron chi connectivity index (χ2n) is 7.78. The van der Waals surface area contributed by atoms with Gasteiger partial charge in [-0.2, -0.15) is 10.1 Å². The molecule has 2 aromatic heterocycles. The number of rotatable bonds is 7. The Labute approximate surface area is 194 Å². The van der Waals surface area contributed by atoms with Crippen LogP contribution in [0.1, 0.15) is 18.1 Å². The summed E-state index contributed by atoms with van der Waals surface area (Å²) in [5.41, 5.74) is 6.67. The molecule has 0 aliphatic carbocycles. The molecule has 0 atom stereocenters. The number of anilines is 1. The first-order valence-electron chi connectivity index (χ1n) is 10.7. The lowest BCUT2D eigenvalue weighted by Crippen LogP contribution is -2.26. The number of hydrogen-bond acceptors (Lipinski definition) is 9. The van der Waals surface area contributed by atoms with Crippen molar-refractivity contribution in [1.29, 1.82) is 0 Å². The van der Waals surface area contributed by atoms with Crippen molar-refractivity contribution in [2.45, 2.75) is 13.3 Å². The van der Waals surface area contributed by atoms with E-state index in [2.05, 4.69) is 30.7 Å². The maximum Gasteiger partial charge on any atom is 0.265 e. The molecule has 1 aliphatic heterocycles. The largest absolute Gasteiger partial charge is 0.492 e. The highest BCUT2D eigenvalue weighted by Crippen LogP contribution is 2.44. The van der Waals surface area contributed by atoms with E-state index >= 15 is 0 Å². The standard InChI is InChI=1S/C23H23N7O4/c1-13(31)30(2)9-8-14-10-18-21(34-12-33-18)20(32-3)16(14)11-24-28-23-26-22-19(27-29-23)15-6-4-5-7-17(15)25-22/h4-7,10-11H,8-9,12H2,1-3H3,(H2,25,26,28,29). The number of nitrogens with zero attached hydrogens (tertiary/aromatic N) is 5. The van der Waals surface area contributed by atoms with E-state index in [1.165, 1.54) is 6.92 Å². The molecule has 2 N–H and O–H groups in total. The van der Waals surface area contributed by atoms with Crippen molar-refractivity contribution in [2.24, 2.45) is 5.10 Å². The molecule has 11 nitrogen and oxygen atoms in total. The van der Waals surface area contributed by atoms with Crippen LogP contribution < -0.4 is 19.6 Å². The zero-order valence-corrected chi connectivity index (χ0v) is 19.0. The smallest absolute Gasteiger partial charge is 0.265 e. The third-order valence-electron chi connectivity index (χ3n) is 5.68. The number of H-pyrrole nitrogens is 1. The molecule has 34 heavy (non-hydrogen) atoms. The van der Waals surface area contributed by atoms with Crippen molar-refractivity contribution >= 4 is 40.1 Å². The number of hydrogen-bond donors (Lipinski definition) is 2. The normalized spacial score (nSPS) is 12.6. The van der Waals surface area contributed by atoms with Crippen LogP contribution in [-0.2, 0) is 11.2 Å². The van der Waals surface area contributed by atoms with Crippen molar-refractivity contribution in [3.8, 4) is 17.2 Å². The highest BCUT2D eigenvalue weighted by Gasteiger charge is 2.25. The van der Waals surface area contributed by atoms with Gasteiger partial charge in [0.1, 0.15) is 5.52 Å². The molecule has 3 heterocycles. The topological polar surface area (TPSA) is 127 Å². The molecule has 4 aromatic rings. The summed E-state index contributed by atoms with van der Waals surface area (Å²) in [4.78, 5) is 21.0. The van der Waals surface area contributed by atoms with Crippen LogP contribution in [-0.4, -0.2) is 64.7 Å². The molecule has 0 saturated heterocycles. The first-order valence-corrected chi connectivity index (χ1v) is 10.7. The van der Waals surface area contributed by atoms with Gasteiger partial charge in [-0.05, 0) is 24.1 Å². The van der Waals surface area contributed by atoms with Crippen LogP contribution in [0.3, 0.4) is 0 Å². The van der Waals surface area contributed by atoms with Gasteiger partial charge >= 0.3 is 0 Å². The number of aromatic amines is 1. The third kappa shape index (κ3) is 3.91. The van der Waals surface area contributed by atoms with E-state index in [1.807, 2.05) is 30.3 Å². The SMILES string of the molecule is COc1c(C=NNc2nnc3c(n2)[nH]c2ccccc23)c(CCN(C)C(C)=O)cc2c1OCO2. The summed E-state index contributed by atoms with van der Waals surface area (Å²) in [6.07, 6.45) is 2.19. The zero-order valence-electron chi connectivity index (χ0n) is 19.0. The predicted octanol–water partition coefficient (Wildman–Crippen LogP) is 2.71. The fourth-order valence-corrected chi connectivity index (χ4v) is 3.80. The number of amides is 1. The summed E-state index contributed by atoms with van der Waals surface area (Å²) in [6.45, 7) is 2.17. The van der Waals surface area contributed by atoms with E-state index in [1.54, 1.807) is 25.3 Å². The van der Waals surface area contributed by atoms with Gasteiger partial charge in [0, 0.05) is 37.0 Å². The van der Waals surface area contributed by atoms with Crippen LogP contribution in [0.4, 0.5) is 5.95 Å². The first kappa shape index (κ1) is 21.4. The second-order valence-corrected chi connectivity index (χ2v) is 7.78. The first-order chi connectivity index (χ1) is 16.5. The van der Waals surface area contributed by atoms with E-state index < -0.39 is 0 Å². The van der Waals surface area contributed by atoms with Crippen molar-refractivity contribution in [3.05, 3.63) is 41.5 Å². The van der Waals surface area contributed by atoms with Gasteiger partial charge in [0.15, 0.2) is 17.1 Å². The van der Waals surface area contributed by atoms with E-state index in [9.17, 15) is 4.79 Å². The zero-order chi connectivity index (χ0) is 23.7. The van der Waals surface area contributed by atoms with Crippen molar-refractivity contribution in [1.82, 2.24) is 25.1 Å². The van der Waals surface area contributed by atoms with Gasteiger partial charge in [0.2, 0.25) is 18.4 Å². The van der Waals surface area contributed by atoms with Gasteiger partial charge in [-0.25, -0.2) is 5.43 Å². The van der Waals surface area contributed by atoms with Crippen molar-refractivity contribution in [2.75, 3.05) is 32.9 Å². The minimum Gasteiger partial charge on any atom is -0.492 e. The van der Waals surface area contributed by atoms with E-state index in [-0.39, 0.29) is 18.6 Å². The van der Waals surface area contributed by atoms with Crippen LogP contribution in [0, 0.1) is 0 Å². The molecule has 0 fully saturated rings. The average Bonchev–Trinajstić information content (AvgIpc) is 3.46. The molecule has 5 rings (SSSR count). The number of carbonyl (C=O) groups is 1. The van der Waals surface area contributed by atoms with Crippen LogP contribution >= 0.6 is 0 Å². The van der Waals surface area contributed by atoms with E-state index in [0.29, 0.717) is 46.9 Å². The second kappa shape index (κ2) is 8.85. The number of hydrazone groups is 1. The Kier molecular flexibility index (Phi) is 5.58. The van der Waals surface area contributed by atoms with Gasteiger partial charge in [-0.3, -0.25) is 4.79 Å². The minimum atomic E-state index is -0.0124. The van der Waals surface area contributed by atoms with Gasteiger partial charge < -0.3 is 24.1 Å². The maximum atomic E-state index is 11.6. The monoisotopic (exact) mass is 461 g/mol. The van der Waals surface area contributed by atoms with Gasteiger partial charge in [-0.15, -0.1) is 10.2 Å². The summed E-state index contributed by atoms with van der Waals surface area (Å²) < 4.78 is 16.8. The minimum absolute atomic E-state index is 0.0124. The molecule has 0 radical (unpaired) electrons. The number of nitrogens with one attached hydrogen (secondary N) is 2. The molecule has 2 aromatic carbocycles. The molecule has 0 unspecified atom stereocenters. The molecular formula is C23H23N7O4. The summed E-state index contributed by atoms with van der Waals surface area (Å²) in [5.74, 6) is 1.85. The Bertz CT molecular complexity index is 1420. The van der Waals surface area contributed by atoms with Gasteiger partial charge in [0.05, 0.1) is 13.3 Å². The molecule has 0 spiro atoms.